The van der Waals surface area contributed by atoms with Gasteiger partial charge in [0, 0.05) is 48.8 Å². The minimum atomic E-state index is -0.663. The molecule has 0 fully saturated rings. The fourth-order valence-corrected chi connectivity index (χ4v) is 14.4. The third-order valence-electron chi connectivity index (χ3n) is 14.6. The second kappa shape index (κ2) is 13.1. The van der Waals surface area contributed by atoms with Crippen molar-refractivity contribution in [2.24, 2.45) is 0 Å². The van der Waals surface area contributed by atoms with Gasteiger partial charge in [0.1, 0.15) is 0 Å². The molecule has 3 nitrogen and oxygen atoms in total. The van der Waals surface area contributed by atoms with Crippen molar-refractivity contribution < 1.29 is 0 Å². The molecule has 0 N–H and O–H groups in total. The van der Waals surface area contributed by atoms with Gasteiger partial charge in [0.05, 0.1) is 33.6 Å². The maximum absolute atomic E-state index is 5.42. The van der Waals surface area contributed by atoms with Crippen LogP contribution < -0.4 is 4.90 Å². The summed E-state index contributed by atoms with van der Waals surface area (Å²) in [6, 6.07) is 74.7. The summed E-state index contributed by atoms with van der Waals surface area (Å²) in [6.07, 6.45) is 3.99. The Kier molecular flexibility index (Phi) is 7.23. The SMILES string of the molecule is c1cc(-c2cnc3c(c2)C2(c4ccccc4Sc4cc5c(cc42)-c2ccccc2C52c4ccccc4-c4ccccc42)c2cccnc2-3)cc(N2c3ccccc3Sc3ccccc32)c1. The number of anilines is 3. The Bertz CT molecular complexity index is 3630. The maximum Gasteiger partial charge on any atom is 0.0937 e. The predicted octanol–water partition coefficient (Wildman–Crippen LogP) is 15.2. The average Bonchev–Trinajstić information content (AvgIpc) is 3.95. The van der Waals surface area contributed by atoms with Crippen LogP contribution in [0.2, 0.25) is 0 Å². The lowest BCUT2D eigenvalue weighted by molar-refractivity contribution is 0.715. The number of nitrogens with zero attached hydrogens (tertiary/aromatic N) is 3. The monoisotopic (exact) mass is 861 g/mol. The molecule has 5 heteroatoms. The third kappa shape index (κ3) is 4.54. The van der Waals surface area contributed by atoms with E-state index in [1.807, 2.05) is 29.7 Å². The Balaban J connectivity index is 0.981. The molecule has 15 rings (SSSR count). The zero-order valence-electron chi connectivity index (χ0n) is 34.9. The van der Waals surface area contributed by atoms with Gasteiger partial charge in [-0.25, -0.2) is 0 Å². The van der Waals surface area contributed by atoms with E-state index in [1.165, 1.54) is 97.7 Å². The first-order valence-corrected chi connectivity index (χ1v) is 23.8. The Morgan fingerprint density at radius 3 is 1.60 bits per heavy atom. The van der Waals surface area contributed by atoms with E-state index in [2.05, 4.69) is 211 Å². The highest BCUT2D eigenvalue weighted by Crippen LogP contribution is 2.67. The lowest BCUT2D eigenvalue weighted by Crippen LogP contribution is -2.33. The third-order valence-corrected chi connectivity index (χ3v) is 16.9. The fraction of sp³-hybridized carbons (Fsp3) is 0.0333. The van der Waals surface area contributed by atoms with Crippen LogP contribution in [0.3, 0.4) is 0 Å². The number of pyridine rings is 2. The van der Waals surface area contributed by atoms with E-state index in [-0.39, 0.29) is 0 Å². The lowest BCUT2D eigenvalue weighted by Gasteiger charge is -2.40. The van der Waals surface area contributed by atoms with Crippen molar-refractivity contribution in [2.75, 3.05) is 4.90 Å². The van der Waals surface area contributed by atoms with Crippen LogP contribution in [0, 0.1) is 0 Å². The van der Waals surface area contributed by atoms with E-state index in [4.69, 9.17) is 9.97 Å². The standard InChI is InChI=1S/C60H35N3S2/c1-4-20-43-39(17-1)40-18-2-5-21-44(40)59(43)45-22-6-3-19-41(45)42-33-49-56(34-48(42)59)64-53-27-10-7-23-46(53)60(49)47-24-14-30-61-57(47)58-50(60)32-37(35-62-58)36-15-13-16-38(31-36)63-51-25-8-11-28-54(51)65-55-29-12-9-26-52(55)63/h1-35H. The fourth-order valence-electron chi connectivity index (χ4n) is 12.2. The Morgan fingerprint density at radius 2 is 0.892 bits per heavy atom. The van der Waals surface area contributed by atoms with E-state index in [0.717, 1.165) is 28.2 Å². The normalized spacial score (nSPS) is 16.6. The first kappa shape index (κ1) is 36.0. The summed E-state index contributed by atoms with van der Waals surface area (Å²) < 4.78 is 0. The molecule has 3 aliphatic carbocycles. The van der Waals surface area contributed by atoms with Gasteiger partial charge in [-0.3, -0.25) is 9.97 Å². The van der Waals surface area contributed by atoms with Gasteiger partial charge in [-0.05, 0) is 133 Å². The topological polar surface area (TPSA) is 29.0 Å². The van der Waals surface area contributed by atoms with Gasteiger partial charge in [-0.2, -0.15) is 0 Å². The molecule has 0 amide bonds. The molecule has 1 unspecified atom stereocenters. The van der Waals surface area contributed by atoms with E-state index >= 15 is 0 Å². The molecule has 0 saturated carbocycles. The molecule has 10 aromatic rings. The zero-order valence-corrected chi connectivity index (χ0v) is 36.5. The van der Waals surface area contributed by atoms with Crippen LogP contribution in [0.25, 0.3) is 44.8 Å². The summed E-state index contributed by atoms with van der Waals surface area (Å²) in [5.41, 5.74) is 22.0. The molecule has 65 heavy (non-hydrogen) atoms. The van der Waals surface area contributed by atoms with Gasteiger partial charge >= 0.3 is 0 Å². The Morgan fingerprint density at radius 1 is 0.338 bits per heavy atom. The molecule has 0 bridgehead atoms. The highest BCUT2D eigenvalue weighted by atomic mass is 32.2. The van der Waals surface area contributed by atoms with Crippen molar-refractivity contribution in [2.45, 2.75) is 30.4 Å². The average molecular weight is 862 g/mol. The summed E-state index contributed by atoms with van der Waals surface area (Å²) >= 11 is 3.74. The van der Waals surface area contributed by atoms with Gasteiger partial charge in [0.2, 0.25) is 0 Å². The summed E-state index contributed by atoms with van der Waals surface area (Å²) in [4.78, 5) is 18.0. The first-order chi connectivity index (χ1) is 32.2. The van der Waals surface area contributed by atoms with Crippen LogP contribution in [-0.2, 0) is 10.8 Å². The number of aromatic nitrogens is 2. The van der Waals surface area contributed by atoms with E-state index in [1.54, 1.807) is 0 Å². The van der Waals surface area contributed by atoms with Gasteiger partial charge in [-0.1, -0.05) is 157 Å². The summed E-state index contributed by atoms with van der Waals surface area (Å²) in [6.45, 7) is 0. The lowest BCUT2D eigenvalue weighted by atomic mass is 9.66. The summed E-state index contributed by atoms with van der Waals surface area (Å²) in [7, 11) is 0. The number of para-hydroxylation sites is 2. The second-order valence-corrected chi connectivity index (χ2v) is 19.7. The quantitative estimate of drug-likeness (QED) is 0.173. The van der Waals surface area contributed by atoms with Crippen LogP contribution in [-0.4, -0.2) is 9.97 Å². The number of hydrogen-bond acceptors (Lipinski definition) is 5. The highest BCUT2D eigenvalue weighted by molar-refractivity contribution is 8.00. The van der Waals surface area contributed by atoms with Gasteiger partial charge < -0.3 is 4.90 Å². The molecule has 2 aromatic heterocycles. The van der Waals surface area contributed by atoms with Gasteiger partial charge in [-0.15, -0.1) is 0 Å². The number of rotatable bonds is 2. The van der Waals surface area contributed by atoms with Crippen LogP contribution in [0.15, 0.2) is 232 Å². The first-order valence-electron chi connectivity index (χ1n) is 22.2. The van der Waals surface area contributed by atoms with E-state index in [9.17, 15) is 0 Å². The molecule has 0 saturated heterocycles. The summed E-state index contributed by atoms with van der Waals surface area (Å²) in [5.74, 6) is 0. The van der Waals surface area contributed by atoms with Crippen LogP contribution in [0.1, 0.15) is 44.5 Å². The zero-order chi connectivity index (χ0) is 42.4. The Hall–Kier alpha value is -7.44. The maximum atomic E-state index is 5.42. The minimum absolute atomic E-state index is 0.431. The Labute approximate surface area is 385 Å². The molecular formula is C60H35N3S2. The van der Waals surface area contributed by atoms with Crippen molar-refractivity contribution in [3.8, 4) is 44.8 Å². The number of hydrogen-bond donors (Lipinski definition) is 0. The second-order valence-electron chi connectivity index (χ2n) is 17.6. The van der Waals surface area contributed by atoms with Crippen molar-refractivity contribution in [1.29, 1.82) is 0 Å². The van der Waals surface area contributed by atoms with Crippen LogP contribution >= 0.6 is 23.5 Å². The van der Waals surface area contributed by atoms with Crippen molar-refractivity contribution in [3.63, 3.8) is 0 Å². The summed E-state index contributed by atoms with van der Waals surface area (Å²) in [5, 5.41) is 0. The largest absolute Gasteiger partial charge is 0.308 e. The molecule has 4 heterocycles. The minimum Gasteiger partial charge on any atom is -0.308 e. The van der Waals surface area contributed by atoms with E-state index < -0.39 is 10.8 Å². The number of benzene rings is 8. The van der Waals surface area contributed by atoms with Gasteiger partial charge in [0.25, 0.3) is 0 Å². The molecule has 302 valence electrons. The van der Waals surface area contributed by atoms with Crippen LogP contribution in [0.4, 0.5) is 17.1 Å². The molecule has 2 aliphatic heterocycles. The van der Waals surface area contributed by atoms with Crippen molar-refractivity contribution in [1.82, 2.24) is 9.97 Å². The predicted molar refractivity (Wildman–Crippen MR) is 264 cm³/mol. The van der Waals surface area contributed by atoms with E-state index in [0.29, 0.717) is 0 Å². The van der Waals surface area contributed by atoms with Crippen molar-refractivity contribution >= 4 is 40.6 Å². The van der Waals surface area contributed by atoms with Crippen LogP contribution in [0.5, 0.6) is 0 Å². The molecule has 2 spiro atoms. The molecular weight excluding hydrogens is 827 g/mol. The van der Waals surface area contributed by atoms with Gasteiger partial charge in [0.15, 0.2) is 0 Å². The molecule has 8 aromatic carbocycles. The molecule has 0 radical (unpaired) electrons. The van der Waals surface area contributed by atoms with Crippen molar-refractivity contribution in [3.05, 3.63) is 257 Å². The highest BCUT2D eigenvalue weighted by Gasteiger charge is 2.56. The number of fused-ring (bicyclic) bond motifs is 21. The smallest absolute Gasteiger partial charge is 0.0937 e. The molecule has 5 aliphatic rings. The molecule has 1 atom stereocenters.